The minimum Gasteiger partial charge on any atom is -0.481 e. The normalized spacial score (nSPS) is 10.2. The molecule has 1 rings (SSSR count). The molecule has 0 saturated heterocycles. The summed E-state index contributed by atoms with van der Waals surface area (Å²) in [5.41, 5.74) is 2.61. The minimum absolute atomic E-state index is 0.101. The largest absolute Gasteiger partial charge is 0.481 e. The smallest absolute Gasteiger partial charge is 0.305 e. The lowest BCUT2D eigenvalue weighted by atomic mass is 10.1. The second-order valence-electron chi connectivity index (χ2n) is 4.06. The highest BCUT2D eigenvalue weighted by atomic mass is 35.5. The van der Waals surface area contributed by atoms with E-state index in [1.54, 1.807) is 0 Å². The van der Waals surface area contributed by atoms with Crippen LogP contribution in [-0.4, -0.2) is 29.4 Å². The number of carboxylic acids is 1. The van der Waals surface area contributed by atoms with Crippen LogP contribution in [0.3, 0.4) is 0 Å². The maximum atomic E-state index is 11.8. The number of carbonyl (C=O) groups excluding carboxylic acids is 1. The van der Waals surface area contributed by atoms with Crippen LogP contribution in [0.1, 0.15) is 17.5 Å². The molecular formula is C13H16ClNO3. The van der Waals surface area contributed by atoms with E-state index in [1.165, 1.54) is 4.90 Å². The number of carbonyl (C=O) groups is 2. The van der Waals surface area contributed by atoms with Crippen LogP contribution in [0.5, 0.6) is 0 Å². The third kappa shape index (κ3) is 3.47. The standard InChI is InChI=1S/C13H16ClNO3/c1-9-4-3-5-10(2)13(9)15(11(16)8-14)7-6-12(17)18/h3-5H,6-8H2,1-2H3,(H,17,18). The number of hydrogen-bond acceptors (Lipinski definition) is 2. The molecule has 4 nitrogen and oxygen atoms in total. The Morgan fingerprint density at radius 2 is 1.83 bits per heavy atom. The molecule has 0 aliphatic heterocycles. The van der Waals surface area contributed by atoms with E-state index in [2.05, 4.69) is 0 Å². The Morgan fingerprint density at radius 3 is 2.28 bits per heavy atom. The van der Waals surface area contributed by atoms with E-state index in [1.807, 2.05) is 32.0 Å². The fourth-order valence-corrected chi connectivity index (χ4v) is 2.02. The Bertz CT molecular complexity index is 439. The molecule has 0 aromatic heterocycles. The summed E-state index contributed by atoms with van der Waals surface area (Å²) in [6.45, 7) is 3.90. The molecule has 0 fully saturated rings. The van der Waals surface area contributed by atoms with Crippen molar-refractivity contribution in [2.75, 3.05) is 17.3 Å². The number of anilines is 1. The molecule has 0 aliphatic carbocycles. The maximum absolute atomic E-state index is 11.8. The van der Waals surface area contributed by atoms with E-state index in [0.29, 0.717) is 0 Å². The predicted octanol–water partition coefficient (Wildman–Crippen LogP) is 2.35. The van der Waals surface area contributed by atoms with Gasteiger partial charge in [-0.3, -0.25) is 9.59 Å². The number of hydrogen-bond donors (Lipinski definition) is 1. The first-order chi connectivity index (χ1) is 8.47. The lowest BCUT2D eigenvalue weighted by Crippen LogP contribution is -2.35. The SMILES string of the molecule is Cc1cccc(C)c1N(CCC(=O)O)C(=O)CCl. The van der Waals surface area contributed by atoms with Crippen LogP contribution in [0, 0.1) is 13.8 Å². The summed E-state index contributed by atoms with van der Waals surface area (Å²) in [7, 11) is 0. The summed E-state index contributed by atoms with van der Waals surface area (Å²) in [6, 6.07) is 5.67. The molecule has 98 valence electrons. The van der Waals surface area contributed by atoms with Crippen molar-refractivity contribution in [3.05, 3.63) is 29.3 Å². The van der Waals surface area contributed by atoms with Gasteiger partial charge in [0.2, 0.25) is 5.91 Å². The molecule has 1 aromatic carbocycles. The summed E-state index contributed by atoms with van der Waals surface area (Å²) in [5.74, 6) is -1.38. The maximum Gasteiger partial charge on any atom is 0.305 e. The molecule has 0 unspecified atom stereocenters. The van der Waals surface area contributed by atoms with Gasteiger partial charge in [0, 0.05) is 12.2 Å². The Balaban J connectivity index is 3.09. The van der Waals surface area contributed by atoms with E-state index in [0.717, 1.165) is 16.8 Å². The van der Waals surface area contributed by atoms with Crippen molar-refractivity contribution in [3.63, 3.8) is 0 Å². The summed E-state index contributed by atoms with van der Waals surface area (Å²) in [6.07, 6.45) is -0.101. The van der Waals surface area contributed by atoms with Gasteiger partial charge in [0.1, 0.15) is 5.88 Å². The van der Waals surface area contributed by atoms with Crippen molar-refractivity contribution >= 4 is 29.2 Å². The Labute approximate surface area is 111 Å². The first kappa shape index (κ1) is 14.5. The average molecular weight is 270 g/mol. The van der Waals surface area contributed by atoms with Gasteiger partial charge in [-0.1, -0.05) is 18.2 Å². The number of aliphatic carboxylic acids is 1. The second kappa shape index (κ2) is 6.40. The third-order valence-electron chi connectivity index (χ3n) is 2.67. The number of benzene rings is 1. The van der Waals surface area contributed by atoms with Gasteiger partial charge < -0.3 is 10.0 Å². The lowest BCUT2D eigenvalue weighted by Gasteiger charge is -2.25. The number of carboxylic acid groups (broad SMARTS) is 1. The van der Waals surface area contributed by atoms with Crippen LogP contribution in [0.15, 0.2) is 18.2 Å². The van der Waals surface area contributed by atoms with Gasteiger partial charge in [-0.25, -0.2) is 0 Å². The van der Waals surface area contributed by atoms with Crippen molar-refractivity contribution in [3.8, 4) is 0 Å². The number of rotatable bonds is 5. The molecule has 0 spiro atoms. The fourth-order valence-electron chi connectivity index (χ4n) is 1.87. The van der Waals surface area contributed by atoms with Crippen molar-refractivity contribution in [2.45, 2.75) is 20.3 Å². The van der Waals surface area contributed by atoms with Gasteiger partial charge in [-0.05, 0) is 25.0 Å². The highest BCUT2D eigenvalue weighted by Gasteiger charge is 2.19. The first-order valence-corrected chi connectivity index (χ1v) is 6.15. The second-order valence-corrected chi connectivity index (χ2v) is 4.33. The monoisotopic (exact) mass is 269 g/mol. The third-order valence-corrected chi connectivity index (χ3v) is 2.90. The predicted molar refractivity (Wildman–Crippen MR) is 71.2 cm³/mol. The van der Waals surface area contributed by atoms with Crippen molar-refractivity contribution in [1.82, 2.24) is 0 Å². The molecule has 1 N–H and O–H groups in total. The molecule has 0 radical (unpaired) electrons. The van der Waals surface area contributed by atoms with Gasteiger partial charge in [0.25, 0.3) is 0 Å². The van der Waals surface area contributed by atoms with Crippen LogP contribution in [0.2, 0.25) is 0 Å². The quantitative estimate of drug-likeness (QED) is 0.835. The fraction of sp³-hybridized carbons (Fsp3) is 0.385. The summed E-state index contributed by atoms with van der Waals surface area (Å²) < 4.78 is 0. The van der Waals surface area contributed by atoms with Crippen molar-refractivity contribution < 1.29 is 14.7 Å². The molecular weight excluding hydrogens is 254 g/mol. The zero-order valence-electron chi connectivity index (χ0n) is 10.4. The summed E-state index contributed by atoms with van der Waals surface area (Å²) in [4.78, 5) is 23.9. The van der Waals surface area contributed by atoms with Crippen LogP contribution in [0.4, 0.5) is 5.69 Å². The van der Waals surface area contributed by atoms with Gasteiger partial charge in [-0.2, -0.15) is 0 Å². The molecule has 0 bridgehead atoms. The zero-order chi connectivity index (χ0) is 13.7. The number of para-hydroxylation sites is 1. The topological polar surface area (TPSA) is 57.6 Å². The van der Waals surface area contributed by atoms with Gasteiger partial charge in [-0.15, -0.1) is 11.6 Å². The molecule has 0 heterocycles. The Morgan fingerprint density at radius 1 is 1.28 bits per heavy atom. The summed E-state index contributed by atoms with van der Waals surface area (Å²) in [5, 5.41) is 8.73. The van der Waals surface area contributed by atoms with Gasteiger partial charge in [0.15, 0.2) is 0 Å². The number of amides is 1. The number of nitrogens with zero attached hydrogens (tertiary/aromatic N) is 1. The molecule has 0 atom stereocenters. The molecule has 0 saturated carbocycles. The number of halogens is 1. The van der Waals surface area contributed by atoms with Crippen molar-refractivity contribution in [2.24, 2.45) is 0 Å². The van der Waals surface area contributed by atoms with Gasteiger partial charge >= 0.3 is 5.97 Å². The highest BCUT2D eigenvalue weighted by molar-refractivity contribution is 6.29. The molecule has 18 heavy (non-hydrogen) atoms. The number of aryl methyl sites for hydroxylation is 2. The van der Waals surface area contributed by atoms with E-state index >= 15 is 0 Å². The number of alkyl halides is 1. The molecule has 1 aromatic rings. The molecule has 5 heteroatoms. The van der Waals surface area contributed by atoms with E-state index in [-0.39, 0.29) is 24.8 Å². The first-order valence-electron chi connectivity index (χ1n) is 5.61. The minimum atomic E-state index is -0.936. The summed E-state index contributed by atoms with van der Waals surface area (Å²) >= 11 is 5.58. The van der Waals surface area contributed by atoms with Crippen LogP contribution in [0.25, 0.3) is 0 Å². The van der Waals surface area contributed by atoms with Crippen molar-refractivity contribution in [1.29, 1.82) is 0 Å². The van der Waals surface area contributed by atoms with Crippen LogP contribution >= 0.6 is 11.6 Å². The zero-order valence-corrected chi connectivity index (χ0v) is 11.2. The lowest BCUT2D eigenvalue weighted by molar-refractivity contribution is -0.136. The average Bonchev–Trinajstić information content (AvgIpc) is 2.31. The highest BCUT2D eigenvalue weighted by Crippen LogP contribution is 2.25. The molecule has 0 aliphatic rings. The van der Waals surface area contributed by atoms with E-state index in [4.69, 9.17) is 16.7 Å². The Hall–Kier alpha value is -1.55. The molecule has 1 amide bonds. The van der Waals surface area contributed by atoms with E-state index < -0.39 is 5.97 Å². The van der Waals surface area contributed by atoms with Gasteiger partial charge in [0.05, 0.1) is 6.42 Å². The Kier molecular flexibility index (Phi) is 5.16. The van der Waals surface area contributed by atoms with E-state index in [9.17, 15) is 9.59 Å². The van der Waals surface area contributed by atoms with Crippen LogP contribution in [-0.2, 0) is 9.59 Å². The van der Waals surface area contributed by atoms with Crippen LogP contribution < -0.4 is 4.90 Å².